The van der Waals surface area contributed by atoms with E-state index in [1.165, 1.54) is 5.56 Å². The lowest BCUT2D eigenvalue weighted by Gasteiger charge is -2.30. The molecule has 146 valence electrons. The standard InChI is InChI=1S/C23H27N3O2/c27-22(16-25-10-11-28-21-9-5-4-8-18(21)14-25)26-15-19-12-24-13-20(19)23(26)17-6-2-1-3-7-17/h1-9,19-20,23-24H,10-16H2/t19-,20-,23+/m0/s1. The average molecular weight is 377 g/mol. The fourth-order valence-electron chi connectivity index (χ4n) is 5.05. The molecule has 0 radical (unpaired) electrons. The summed E-state index contributed by atoms with van der Waals surface area (Å²) in [7, 11) is 0. The van der Waals surface area contributed by atoms with Gasteiger partial charge >= 0.3 is 0 Å². The van der Waals surface area contributed by atoms with E-state index in [0.717, 1.165) is 44.0 Å². The third-order valence-corrected chi connectivity index (χ3v) is 6.42. The van der Waals surface area contributed by atoms with Crippen LogP contribution in [0.4, 0.5) is 0 Å². The Morgan fingerprint density at radius 3 is 2.79 bits per heavy atom. The van der Waals surface area contributed by atoms with Crippen LogP contribution >= 0.6 is 0 Å². The third-order valence-electron chi connectivity index (χ3n) is 6.42. The number of ether oxygens (including phenoxy) is 1. The fourth-order valence-corrected chi connectivity index (χ4v) is 5.05. The maximum Gasteiger partial charge on any atom is 0.237 e. The topological polar surface area (TPSA) is 44.8 Å². The molecule has 2 fully saturated rings. The first-order valence-electron chi connectivity index (χ1n) is 10.3. The summed E-state index contributed by atoms with van der Waals surface area (Å²) in [6, 6.07) is 18.9. The maximum atomic E-state index is 13.4. The first-order chi connectivity index (χ1) is 13.8. The molecule has 0 bridgehead atoms. The minimum atomic E-state index is 0.184. The van der Waals surface area contributed by atoms with Crippen LogP contribution in [-0.4, -0.2) is 55.0 Å². The van der Waals surface area contributed by atoms with Gasteiger partial charge in [-0.25, -0.2) is 0 Å². The molecule has 28 heavy (non-hydrogen) atoms. The molecule has 3 aliphatic heterocycles. The third kappa shape index (κ3) is 3.29. The lowest BCUT2D eigenvalue weighted by Crippen LogP contribution is -2.42. The fraction of sp³-hybridized carbons (Fsp3) is 0.435. The average Bonchev–Trinajstić information content (AvgIpc) is 3.24. The Morgan fingerprint density at radius 1 is 1.07 bits per heavy atom. The SMILES string of the molecule is O=C(CN1CCOc2ccccc2C1)N1C[C@@H]2CNC[C@@H]2[C@H]1c1ccccc1. The van der Waals surface area contributed by atoms with Crippen LogP contribution in [0.15, 0.2) is 54.6 Å². The molecule has 0 aromatic heterocycles. The Balaban J connectivity index is 1.34. The molecule has 5 heteroatoms. The van der Waals surface area contributed by atoms with Gasteiger partial charge < -0.3 is 15.0 Å². The van der Waals surface area contributed by atoms with E-state index in [4.69, 9.17) is 4.74 Å². The predicted octanol–water partition coefficient (Wildman–Crippen LogP) is 2.30. The maximum absolute atomic E-state index is 13.4. The Labute approximate surface area is 166 Å². The van der Waals surface area contributed by atoms with E-state index in [0.29, 0.717) is 25.0 Å². The summed E-state index contributed by atoms with van der Waals surface area (Å²) in [5.41, 5.74) is 2.42. The smallest absolute Gasteiger partial charge is 0.237 e. The largest absolute Gasteiger partial charge is 0.492 e. The summed E-state index contributed by atoms with van der Waals surface area (Å²) in [6.45, 7) is 5.49. The molecule has 2 aromatic rings. The lowest BCUT2D eigenvalue weighted by atomic mass is 9.89. The number of hydrogen-bond donors (Lipinski definition) is 1. The Kier molecular flexibility index (Phi) is 4.79. The molecular weight excluding hydrogens is 350 g/mol. The van der Waals surface area contributed by atoms with Gasteiger partial charge in [-0.1, -0.05) is 48.5 Å². The van der Waals surface area contributed by atoms with Crippen molar-refractivity contribution < 1.29 is 9.53 Å². The number of nitrogens with one attached hydrogen (secondary N) is 1. The van der Waals surface area contributed by atoms with Crippen molar-refractivity contribution in [1.82, 2.24) is 15.1 Å². The molecule has 5 rings (SSSR count). The van der Waals surface area contributed by atoms with Crippen molar-refractivity contribution in [2.45, 2.75) is 12.6 Å². The molecule has 5 nitrogen and oxygen atoms in total. The highest BCUT2D eigenvalue weighted by Gasteiger charge is 2.46. The molecule has 2 aromatic carbocycles. The van der Waals surface area contributed by atoms with Crippen molar-refractivity contribution >= 4 is 5.91 Å². The Bertz CT molecular complexity index is 841. The van der Waals surface area contributed by atoms with E-state index in [2.05, 4.69) is 45.4 Å². The summed E-state index contributed by atoms with van der Waals surface area (Å²) in [5.74, 6) is 2.26. The normalized spacial score (nSPS) is 27.0. The van der Waals surface area contributed by atoms with Gasteiger partial charge in [0.15, 0.2) is 0 Å². The summed E-state index contributed by atoms with van der Waals surface area (Å²) < 4.78 is 5.86. The predicted molar refractivity (Wildman–Crippen MR) is 108 cm³/mol. The van der Waals surface area contributed by atoms with E-state index < -0.39 is 0 Å². The van der Waals surface area contributed by atoms with Crippen molar-refractivity contribution in [3.05, 3.63) is 65.7 Å². The molecule has 0 spiro atoms. The zero-order valence-electron chi connectivity index (χ0n) is 16.1. The van der Waals surface area contributed by atoms with Crippen molar-refractivity contribution in [2.75, 3.05) is 39.3 Å². The van der Waals surface area contributed by atoms with Crippen LogP contribution in [-0.2, 0) is 11.3 Å². The highest BCUT2D eigenvalue weighted by molar-refractivity contribution is 5.79. The molecule has 0 saturated carbocycles. The number of carbonyl (C=O) groups excluding carboxylic acids is 1. The molecule has 3 heterocycles. The van der Waals surface area contributed by atoms with Crippen molar-refractivity contribution in [1.29, 1.82) is 0 Å². The van der Waals surface area contributed by atoms with E-state index in [1.54, 1.807) is 0 Å². The van der Waals surface area contributed by atoms with Gasteiger partial charge in [-0.3, -0.25) is 9.69 Å². The monoisotopic (exact) mass is 377 g/mol. The van der Waals surface area contributed by atoms with Gasteiger partial charge in [0.1, 0.15) is 12.4 Å². The van der Waals surface area contributed by atoms with Crippen LogP contribution < -0.4 is 10.1 Å². The second-order valence-corrected chi connectivity index (χ2v) is 8.15. The van der Waals surface area contributed by atoms with Gasteiger partial charge in [0.25, 0.3) is 0 Å². The van der Waals surface area contributed by atoms with Crippen LogP contribution in [0, 0.1) is 11.8 Å². The van der Waals surface area contributed by atoms with E-state index in [1.807, 2.05) is 24.3 Å². The minimum absolute atomic E-state index is 0.184. The van der Waals surface area contributed by atoms with E-state index in [9.17, 15) is 4.79 Å². The van der Waals surface area contributed by atoms with Gasteiger partial charge in [-0.2, -0.15) is 0 Å². The quantitative estimate of drug-likeness (QED) is 0.892. The first kappa shape index (κ1) is 17.7. The number of para-hydroxylation sites is 1. The van der Waals surface area contributed by atoms with Crippen LogP contribution in [0.2, 0.25) is 0 Å². The molecule has 1 amide bonds. The Hall–Kier alpha value is -2.37. The molecule has 3 atom stereocenters. The zero-order chi connectivity index (χ0) is 18.9. The number of rotatable bonds is 3. The van der Waals surface area contributed by atoms with Crippen LogP contribution in [0.5, 0.6) is 5.75 Å². The lowest BCUT2D eigenvalue weighted by molar-refractivity contribution is -0.134. The summed E-state index contributed by atoms with van der Waals surface area (Å²) in [5, 5.41) is 3.52. The summed E-state index contributed by atoms with van der Waals surface area (Å²) in [6.07, 6.45) is 0. The van der Waals surface area contributed by atoms with E-state index >= 15 is 0 Å². The second kappa shape index (κ2) is 7.57. The number of hydrogen-bond acceptors (Lipinski definition) is 4. The molecule has 3 aliphatic rings. The van der Waals surface area contributed by atoms with Gasteiger partial charge in [0, 0.05) is 44.2 Å². The summed E-state index contributed by atoms with van der Waals surface area (Å²) >= 11 is 0. The number of likely N-dealkylation sites (tertiary alicyclic amines) is 1. The molecule has 0 aliphatic carbocycles. The number of benzene rings is 2. The van der Waals surface area contributed by atoms with Crippen molar-refractivity contribution in [3.63, 3.8) is 0 Å². The second-order valence-electron chi connectivity index (χ2n) is 8.15. The number of amides is 1. The van der Waals surface area contributed by atoms with Crippen LogP contribution in [0.25, 0.3) is 0 Å². The molecule has 0 unspecified atom stereocenters. The van der Waals surface area contributed by atoms with Gasteiger partial charge in [0.05, 0.1) is 12.6 Å². The Morgan fingerprint density at radius 2 is 1.89 bits per heavy atom. The van der Waals surface area contributed by atoms with Gasteiger partial charge in [0.2, 0.25) is 5.91 Å². The number of nitrogens with zero attached hydrogens (tertiary/aromatic N) is 2. The molecule has 1 N–H and O–H groups in total. The number of carbonyl (C=O) groups is 1. The minimum Gasteiger partial charge on any atom is -0.492 e. The van der Waals surface area contributed by atoms with E-state index in [-0.39, 0.29) is 11.9 Å². The molecule has 2 saturated heterocycles. The van der Waals surface area contributed by atoms with Gasteiger partial charge in [-0.15, -0.1) is 0 Å². The highest BCUT2D eigenvalue weighted by atomic mass is 16.5. The van der Waals surface area contributed by atoms with Crippen LogP contribution in [0.1, 0.15) is 17.2 Å². The zero-order valence-corrected chi connectivity index (χ0v) is 16.1. The summed E-state index contributed by atoms with van der Waals surface area (Å²) in [4.78, 5) is 17.7. The van der Waals surface area contributed by atoms with Gasteiger partial charge in [-0.05, 0) is 17.5 Å². The van der Waals surface area contributed by atoms with Crippen LogP contribution in [0.3, 0.4) is 0 Å². The van der Waals surface area contributed by atoms with Crippen molar-refractivity contribution in [3.8, 4) is 5.75 Å². The van der Waals surface area contributed by atoms with Crippen molar-refractivity contribution in [2.24, 2.45) is 11.8 Å². The first-order valence-corrected chi connectivity index (χ1v) is 10.3. The molecular formula is C23H27N3O2. The number of fused-ring (bicyclic) bond motifs is 2. The highest BCUT2D eigenvalue weighted by Crippen LogP contribution is 2.42.